The summed E-state index contributed by atoms with van der Waals surface area (Å²) in [7, 11) is 0. The lowest BCUT2D eigenvalue weighted by Gasteiger charge is -2.10. The van der Waals surface area contributed by atoms with E-state index in [1.54, 1.807) is 24.3 Å². The lowest BCUT2D eigenvalue weighted by atomic mass is 10.1. The largest absolute Gasteiger partial charge is 0.338 e. The molecule has 0 saturated heterocycles. The van der Waals surface area contributed by atoms with Crippen LogP contribution in [0.4, 0.5) is 19.3 Å². The van der Waals surface area contributed by atoms with Gasteiger partial charge in [-0.05, 0) is 44.0 Å². The van der Waals surface area contributed by atoms with Crippen LogP contribution in [0.3, 0.4) is 0 Å². The summed E-state index contributed by atoms with van der Waals surface area (Å²) < 4.78 is 25.1. The number of halogens is 3. The molecular formula is C14H19ClF2N2O. The van der Waals surface area contributed by atoms with Crippen molar-refractivity contribution < 1.29 is 13.6 Å². The van der Waals surface area contributed by atoms with E-state index in [-0.39, 0.29) is 12.5 Å². The van der Waals surface area contributed by atoms with Crippen LogP contribution in [-0.2, 0) is 0 Å². The second kappa shape index (κ2) is 8.04. The van der Waals surface area contributed by atoms with E-state index < -0.39 is 5.92 Å². The summed E-state index contributed by atoms with van der Waals surface area (Å²) in [5.74, 6) is -2.60. The third-order valence-electron chi connectivity index (χ3n) is 2.68. The van der Waals surface area contributed by atoms with Crippen LogP contribution in [-0.4, -0.2) is 18.5 Å². The maximum atomic E-state index is 12.5. The van der Waals surface area contributed by atoms with Gasteiger partial charge in [0.15, 0.2) is 0 Å². The second-order valence-electron chi connectivity index (χ2n) is 4.77. The van der Waals surface area contributed by atoms with Crippen molar-refractivity contribution in [2.45, 2.75) is 38.5 Å². The molecule has 1 aromatic carbocycles. The van der Waals surface area contributed by atoms with Crippen LogP contribution >= 0.6 is 11.6 Å². The van der Waals surface area contributed by atoms with Crippen molar-refractivity contribution in [2.24, 2.45) is 0 Å². The van der Waals surface area contributed by atoms with Gasteiger partial charge in [0.2, 0.25) is 5.92 Å². The molecule has 0 aliphatic carbocycles. The highest BCUT2D eigenvalue weighted by Crippen LogP contribution is 2.20. The molecule has 112 valence electrons. The molecule has 2 amide bonds. The predicted molar refractivity (Wildman–Crippen MR) is 77.6 cm³/mol. The van der Waals surface area contributed by atoms with Gasteiger partial charge in [0.05, 0.1) is 0 Å². The van der Waals surface area contributed by atoms with Gasteiger partial charge in [0.25, 0.3) is 0 Å². The third-order valence-corrected chi connectivity index (χ3v) is 2.93. The average Bonchev–Trinajstić information content (AvgIpc) is 2.35. The van der Waals surface area contributed by atoms with E-state index in [2.05, 4.69) is 10.6 Å². The van der Waals surface area contributed by atoms with E-state index in [0.29, 0.717) is 36.5 Å². The van der Waals surface area contributed by atoms with Gasteiger partial charge in [0, 0.05) is 23.7 Å². The van der Waals surface area contributed by atoms with Crippen molar-refractivity contribution in [3.8, 4) is 0 Å². The summed E-state index contributed by atoms with van der Waals surface area (Å²) in [6.07, 6.45) is 1.71. The van der Waals surface area contributed by atoms with E-state index in [9.17, 15) is 13.6 Å². The Kier molecular flexibility index (Phi) is 6.71. The summed E-state index contributed by atoms with van der Waals surface area (Å²) in [4.78, 5) is 11.5. The Labute approximate surface area is 122 Å². The quantitative estimate of drug-likeness (QED) is 0.706. The first-order valence-electron chi connectivity index (χ1n) is 6.55. The molecule has 6 heteroatoms. The SMILES string of the molecule is CC(F)(F)CCCCCNC(=O)Nc1ccc(Cl)cc1. The molecular weight excluding hydrogens is 286 g/mol. The highest BCUT2D eigenvalue weighted by Gasteiger charge is 2.19. The fourth-order valence-electron chi connectivity index (χ4n) is 1.65. The number of hydrogen-bond acceptors (Lipinski definition) is 1. The van der Waals surface area contributed by atoms with Gasteiger partial charge >= 0.3 is 6.03 Å². The van der Waals surface area contributed by atoms with Crippen molar-refractivity contribution in [1.29, 1.82) is 0 Å². The first kappa shape index (κ1) is 16.7. The molecule has 0 aromatic heterocycles. The summed E-state index contributed by atoms with van der Waals surface area (Å²) in [6, 6.07) is 6.45. The van der Waals surface area contributed by atoms with E-state index in [0.717, 1.165) is 6.92 Å². The zero-order valence-corrected chi connectivity index (χ0v) is 12.1. The van der Waals surface area contributed by atoms with E-state index in [1.165, 1.54) is 0 Å². The molecule has 0 spiro atoms. The summed E-state index contributed by atoms with van der Waals surface area (Å²) in [6.45, 7) is 1.39. The Hall–Kier alpha value is -1.36. The van der Waals surface area contributed by atoms with Crippen LogP contribution in [0.2, 0.25) is 5.02 Å². The molecule has 0 atom stereocenters. The zero-order valence-electron chi connectivity index (χ0n) is 11.4. The number of amides is 2. The number of alkyl halides is 2. The molecule has 0 radical (unpaired) electrons. The minimum Gasteiger partial charge on any atom is -0.338 e. The number of rotatable bonds is 7. The van der Waals surface area contributed by atoms with Crippen LogP contribution in [0.25, 0.3) is 0 Å². The molecule has 1 rings (SSSR count). The highest BCUT2D eigenvalue weighted by molar-refractivity contribution is 6.30. The summed E-state index contributed by atoms with van der Waals surface area (Å²) >= 11 is 5.73. The minimum atomic E-state index is -2.60. The van der Waals surface area contributed by atoms with Gasteiger partial charge in [-0.15, -0.1) is 0 Å². The Morgan fingerprint density at radius 2 is 1.85 bits per heavy atom. The van der Waals surface area contributed by atoms with Crippen LogP contribution in [0, 0.1) is 0 Å². The zero-order chi connectivity index (χ0) is 15.0. The van der Waals surface area contributed by atoms with Gasteiger partial charge in [-0.1, -0.05) is 18.0 Å². The third kappa shape index (κ3) is 7.94. The van der Waals surface area contributed by atoms with E-state index >= 15 is 0 Å². The molecule has 0 bridgehead atoms. The minimum absolute atomic E-state index is 0.107. The standard InChI is InChI=1S/C14H19ClF2N2O/c1-14(16,17)9-3-2-4-10-18-13(20)19-12-7-5-11(15)6-8-12/h5-8H,2-4,9-10H2,1H3,(H2,18,19,20). The molecule has 0 heterocycles. The van der Waals surface area contributed by atoms with Crippen LogP contribution in [0.5, 0.6) is 0 Å². The Morgan fingerprint density at radius 1 is 1.20 bits per heavy atom. The first-order chi connectivity index (χ1) is 9.37. The maximum Gasteiger partial charge on any atom is 0.319 e. The number of nitrogens with one attached hydrogen (secondary N) is 2. The monoisotopic (exact) mass is 304 g/mol. The van der Waals surface area contributed by atoms with Crippen LogP contribution in [0.1, 0.15) is 32.6 Å². The number of unbranched alkanes of at least 4 members (excludes halogenated alkanes) is 2. The fraction of sp³-hybridized carbons (Fsp3) is 0.500. The van der Waals surface area contributed by atoms with Gasteiger partial charge in [-0.25, -0.2) is 13.6 Å². The number of carbonyl (C=O) groups excluding carboxylic acids is 1. The van der Waals surface area contributed by atoms with Crippen LogP contribution in [0.15, 0.2) is 24.3 Å². The van der Waals surface area contributed by atoms with Crippen LogP contribution < -0.4 is 10.6 Å². The van der Waals surface area contributed by atoms with Crippen molar-refractivity contribution >= 4 is 23.3 Å². The molecule has 0 saturated carbocycles. The number of hydrogen-bond donors (Lipinski definition) is 2. The number of urea groups is 1. The Bertz CT molecular complexity index is 418. The number of anilines is 1. The molecule has 3 nitrogen and oxygen atoms in total. The van der Waals surface area contributed by atoms with E-state index in [4.69, 9.17) is 11.6 Å². The molecule has 0 aliphatic heterocycles. The first-order valence-corrected chi connectivity index (χ1v) is 6.93. The van der Waals surface area contributed by atoms with Gasteiger partial charge in [-0.3, -0.25) is 0 Å². The summed E-state index contributed by atoms with van der Waals surface area (Å²) in [5.41, 5.74) is 0.650. The van der Waals surface area contributed by atoms with Crippen molar-refractivity contribution in [1.82, 2.24) is 5.32 Å². The van der Waals surface area contributed by atoms with Gasteiger partial charge in [-0.2, -0.15) is 0 Å². The summed E-state index contributed by atoms with van der Waals surface area (Å²) in [5, 5.41) is 5.93. The lowest BCUT2D eigenvalue weighted by molar-refractivity contribution is 0.0104. The molecule has 2 N–H and O–H groups in total. The molecule has 0 unspecified atom stereocenters. The molecule has 1 aromatic rings. The number of carbonyl (C=O) groups is 1. The topological polar surface area (TPSA) is 41.1 Å². The fourth-order valence-corrected chi connectivity index (χ4v) is 1.77. The van der Waals surface area contributed by atoms with Crippen molar-refractivity contribution in [3.05, 3.63) is 29.3 Å². The number of benzene rings is 1. The smallest absolute Gasteiger partial charge is 0.319 e. The van der Waals surface area contributed by atoms with Gasteiger partial charge < -0.3 is 10.6 Å². The van der Waals surface area contributed by atoms with E-state index in [1.807, 2.05) is 0 Å². The molecule has 0 fully saturated rings. The predicted octanol–water partition coefficient (Wildman–Crippen LogP) is 4.68. The highest BCUT2D eigenvalue weighted by atomic mass is 35.5. The van der Waals surface area contributed by atoms with Crippen molar-refractivity contribution in [3.63, 3.8) is 0 Å². The second-order valence-corrected chi connectivity index (χ2v) is 5.21. The maximum absolute atomic E-state index is 12.5. The van der Waals surface area contributed by atoms with Crippen molar-refractivity contribution in [2.75, 3.05) is 11.9 Å². The normalized spacial score (nSPS) is 11.2. The molecule has 20 heavy (non-hydrogen) atoms. The lowest BCUT2D eigenvalue weighted by Crippen LogP contribution is -2.29. The Balaban J connectivity index is 2.10. The average molecular weight is 305 g/mol. The molecule has 0 aliphatic rings. The van der Waals surface area contributed by atoms with Gasteiger partial charge in [0.1, 0.15) is 0 Å². The Morgan fingerprint density at radius 3 is 2.45 bits per heavy atom.